The van der Waals surface area contributed by atoms with Crippen molar-refractivity contribution in [2.45, 2.75) is 25.4 Å². The molecule has 1 unspecified atom stereocenters. The molecular formula is C23H23N5O3. The van der Waals surface area contributed by atoms with Gasteiger partial charge in [0.15, 0.2) is 0 Å². The number of H-pyrrole nitrogens is 1. The molecule has 31 heavy (non-hydrogen) atoms. The van der Waals surface area contributed by atoms with Gasteiger partial charge in [-0.3, -0.25) is 14.6 Å². The molecule has 0 bridgehead atoms. The highest BCUT2D eigenvalue weighted by Gasteiger charge is 2.29. The van der Waals surface area contributed by atoms with E-state index in [0.29, 0.717) is 36.3 Å². The molecule has 2 aromatic carbocycles. The molecule has 5 rings (SSSR count). The van der Waals surface area contributed by atoms with Crippen molar-refractivity contribution in [2.24, 2.45) is 10.7 Å². The van der Waals surface area contributed by atoms with E-state index in [2.05, 4.69) is 27.5 Å². The molecule has 0 aliphatic carbocycles. The van der Waals surface area contributed by atoms with Crippen molar-refractivity contribution in [2.75, 3.05) is 18.1 Å². The van der Waals surface area contributed by atoms with E-state index < -0.39 is 6.04 Å². The number of carbonyl (C=O) groups is 1. The molecular weight excluding hydrogens is 394 g/mol. The smallest absolute Gasteiger partial charge is 0.274 e. The molecule has 158 valence electrons. The molecule has 0 saturated carbocycles. The lowest BCUT2D eigenvalue weighted by Gasteiger charge is -2.28. The molecule has 0 fully saturated rings. The monoisotopic (exact) mass is 417 g/mol. The first-order valence-corrected chi connectivity index (χ1v) is 10.3. The Morgan fingerprint density at radius 2 is 2.10 bits per heavy atom. The molecule has 1 amide bonds. The van der Waals surface area contributed by atoms with Gasteiger partial charge in [0.2, 0.25) is 11.5 Å². The van der Waals surface area contributed by atoms with Gasteiger partial charge >= 0.3 is 0 Å². The lowest BCUT2D eigenvalue weighted by molar-refractivity contribution is -0.119. The summed E-state index contributed by atoms with van der Waals surface area (Å²) in [6.45, 7) is 5.44. The number of primary amides is 1. The van der Waals surface area contributed by atoms with E-state index in [-0.39, 0.29) is 11.5 Å². The normalized spacial score (nSPS) is 14.9. The molecule has 3 N–H and O–H groups in total. The number of hydrogen-bond acceptors (Lipinski definition) is 5. The molecule has 3 heterocycles. The van der Waals surface area contributed by atoms with Gasteiger partial charge < -0.3 is 19.9 Å². The summed E-state index contributed by atoms with van der Waals surface area (Å²) in [6.07, 6.45) is 1.40. The van der Waals surface area contributed by atoms with Crippen LogP contribution in [0.1, 0.15) is 17.5 Å². The van der Waals surface area contributed by atoms with Gasteiger partial charge in [-0.05, 0) is 36.2 Å². The molecule has 1 aromatic heterocycles. The van der Waals surface area contributed by atoms with Crippen LogP contribution in [0.25, 0.3) is 6.58 Å². The number of benzene rings is 2. The van der Waals surface area contributed by atoms with Crippen LogP contribution in [0.5, 0.6) is 5.75 Å². The van der Waals surface area contributed by atoms with Gasteiger partial charge in [0, 0.05) is 24.2 Å². The fraction of sp³-hybridized carbons (Fsp3) is 0.261. The van der Waals surface area contributed by atoms with E-state index >= 15 is 0 Å². The van der Waals surface area contributed by atoms with E-state index in [4.69, 9.17) is 10.5 Å². The minimum atomic E-state index is -0.418. The Morgan fingerprint density at radius 1 is 1.26 bits per heavy atom. The van der Waals surface area contributed by atoms with E-state index in [1.807, 2.05) is 36.4 Å². The summed E-state index contributed by atoms with van der Waals surface area (Å²) < 4.78 is 7.71. The van der Waals surface area contributed by atoms with Gasteiger partial charge in [0.25, 0.3) is 5.56 Å². The average Bonchev–Trinajstić information content (AvgIpc) is 3.30. The Bertz CT molecular complexity index is 1340. The second-order valence-electron chi connectivity index (χ2n) is 7.84. The van der Waals surface area contributed by atoms with Crippen LogP contribution in [0, 0.1) is 0 Å². The number of para-hydroxylation sites is 1. The standard InChI is InChI=1S/C23H23N5O3/c1-14-22(30)26-23-25-18-7-6-17(12-16(18)13-28(14)23)31-11-9-20(21(24)29)27-10-8-15-4-2-3-5-19(15)27/h2-7,12,20H,1,8-11,13H2,(H2,24,29)(H,25,26,30). The van der Waals surface area contributed by atoms with Crippen LogP contribution in [0.2, 0.25) is 0 Å². The van der Waals surface area contributed by atoms with Gasteiger partial charge in [0.05, 0.1) is 18.8 Å². The Balaban J connectivity index is 1.29. The first kappa shape index (κ1) is 19.2. The van der Waals surface area contributed by atoms with Crippen LogP contribution in [0.3, 0.4) is 0 Å². The number of anilines is 1. The molecule has 8 nitrogen and oxygen atoms in total. The molecule has 8 heteroatoms. The zero-order valence-electron chi connectivity index (χ0n) is 17.0. The van der Waals surface area contributed by atoms with Gasteiger partial charge in [0.1, 0.15) is 17.1 Å². The van der Waals surface area contributed by atoms with Crippen molar-refractivity contribution in [3.05, 3.63) is 74.9 Å². The zero-order valence-corrected chi connectivity index (χ0v) is 17.0. The number of aromatic amines is 1. The lowest BCUT2D eigenvalue weighted by Crippen LogP contribution is -2.45. The number of imidazole rings is 1. The van der Waals surface area contributed by atoms with E-state index in [1.165, 1.54) is 5.56 Å². The lowest BCUT2D eigenvalue weighted by atomic mass is 10.1. The van der Waals surface area contributed by atoms with Crippen molar-refractivity contribution < 1.29 is 9.53 Å². The molecule has 2 aliphatic rings. The highest BCUT2D eigenvalue weighted by Crippen LogP contribution is 2.30. The molecule has 2 aliphatic heterocycles. The third-order valence-electron chi connectivity index (χ3n) is 5.96. The highest BCUT2D eigenvalue weighted by atomic mass is 16.5. The number of ether oxygens (including phenoxy) is 1. The number of aromatic nitrogens is 2. The van der Waals surface area contributed by atoms with Crippen LogP contribution < -0.4 is 31.9 Å². The summed E-state index contributed by atoms with van der Waals surface area (Å²) in [7, 11) is 0. The number of nitrogens with zero attached hydrogens (tertiary/aromatic N) is 3. The second kappa shape index (κ2) is 7.46. The summed E-state index contributed by atoms with van der Waals surface area (Å²) >= 11 is 0. The van der Waals surface area contributed by atoms with E-state index in [9.17, 15) is 9.59 Å². The summed E-state index contributed by atoms with van der Waals surface area (Å²) in [4.78, 5) is 33.2. The highest BCUT2D eigenvalue weighted by molar-refractivity contribution is 5.84. The largest absolute Gasteiger partial charge is 0.493 e. The second-order valence-corrected chi connectivity index (χ2v) is 7.84. The quantitative estimate of drug-likeness (QED) is 0.479. The fourth-order valence-electron chi connectivity index (χ4n) is 4.35. The number of nitrogens with two attached hydrogens (primary N) is 1. The van der Waals surface area contributed by atoms with Gasteiger partial charge in [-0.15, -0.1) is 0 Å². The number of fused-ring (bicyclic) bond motifs is 3. The third-order valence-corrected chi connectivity index (χ3v) is 5.96. The first-order chi connectivity index (χ1) is 15.0. The zero-order chi connectivity index (χ0) is 21.5. The van der Waals surface area contributed by atoms with Gasteiger partial charge in [-0.2, -0.15) is 0 Å². The van der Waals surface area contributed by atoms with Crippen LogP contribution in [-0.4, -0.2) is 34.7 Å². The van der Waals surface area contributed by atoms with Crippen LogP contribution >= 0.6 is 0 Å². The predicted octanol–water partition coefficient (Wildman–Crippen LogP) is 0.585. The first-order valence-electron chi connectivity index (χ1n) is 10.3. The van der Waals surface area contributed by atoms with Crippen molar-refractivity contribution in [1.82, 2.24) is 9.55 Å². The Morgan fingerprint density at radius 3 is 2.94 bits per heavy atom. The Hall–Kier alpha value is -3.81. The summed E-state index contributed by atoms with van der Waals surface area (Å²) in [5, 5.41) is 0.380. The maximum Gasteiger partial charge on any atom is 0.274 e. The predicted molar refractivity (Wildman–Crippen MR) is 117 cm³/mol. The SMILES string of the molecule is C=c1c(=O)[nH]c2n1Cc1cc(OCCC(C(N)=O)N3CCc4ccccc43)ccc1N=2. The van der Waals surface area contributed by atoms with E-state index in [0.717, 1.165) is 29.9 Å². The fourth-order valence-corrected chi connectivity index (χ4v) is 4.35. The number of carbonyl (C=O) groups excluding carboxylic acids is 1. The summed E-state index contributed by atoms with van der Waals surface area (Å²) in [5.74, 6) is 0.337. The molecule has 0 saturated heterocycles. The number of amides is 1. The van der Waals surface area contributed by atoms with E-state index in [1.54, 1.807) is 4.57 Å². The number of rotatable bonds is 6. The average molecular weight is 417 g/mol. The van der Waals surface area contributed by atoms with Gasteiger partial charge in [-0.25, -0.2) is 4.99 Å². The van der Waals surface area contributed by atoms with Gasteiger partial charge in [-0.1, -0.05) is 24.8 Å². The minimum absolute atomic E-state index is 0.232. The number of hydrogen-bond donors (Lipinski definition) is 2. The van der Waals surface area contributed by atoms with Crippen molar-refractivity contribution in [3.8, 4) is 5.75 Å². The van der Waals surface area contributed by atoms with Crippen molar-refractivity contribution in [1.29, 1.82) is 0 Å². The molecule has 1 atom stereocenters. The van der Waals surface area contributed by atoms with Crippen molar-refractivity contribution >= 4 is 23.9 Å². The van der Waals surface area contributed by atoms with Crippen molar-refractivity contribution in [3.63, 3.8) is 0 Å². The van der Waals surface area contributed by atoms with Crippen LogP contribution in [-0.2, 0) is 17.8 Å². The Kier molecular flexibility index (Phi) is 4.62. The van der Waals surface area contributed by atoms with Crippen LogP contribution in [0.15, 0.2) is 52.3 Å². The maximum atomic E-state index is 12.2. The van der Waals surface area contributed by atoms with Crippen LogP contribution in [0.4, 0.5) is 11.4 Å². The molecule has 0 spiro atoms. The summed E-state index contributed by atoms with van der Waals surface area (Å²) in [6, 6.07) is 13.3. The number of nitrogens with one attached hydrogen (secondary N) is 1. The minimum Gasteiger partial charge on any atom is -0.493 e. The Labute approximate surface area is 178 Å². The maximum absolute atomic E-state index is 12.2. The summed E-state index contributed by atoms with van der Waals surface area (Å²) in [5.41, 5.74) is 10.0. The topological polar surface area (TPSA) is 106 Å². The molecule has 0 radical (unpaired) electrons. The third kappa shape index (κ3) is 3.39. The molecule has 3 aromatic rings.